The average molecular weight is 505 g/mol. The second kappa shape index (κ2) is 11.2. The van der Waals surface area contributed by atoms with Crippen LogP contribution in [0.3, 0.4) is 0 Å². The van der Waals surface area contributed by atoms with Gasteiger partial charge >= 0.3 is 0 Å². The normalized spacial score (nSPS) is 10.9. The molecule has 0 aliphatic heterocycles. The van der Waals surface area contributed by atoms with Crippen molar-refractivity contribution in [3.05, 3.63) is 77.1 Å². The van der Waals surface area contributed by atoms with E-state index < -0.39 is 0 Å². The lowest BCUT2D eigenvalue weighted by Gasteiger charge is -2.11. The number of hydrogen-bond donors (Lipinski definition) is 2. The van der Waals surface area contributed by atoms with Crippen LogP contribution in [0.4, 0.5) is 10.5 Å². The van der Waals surface area contributed by atoms with Crippen molar-refractivity contribution in [2.75, 3.05) is 11.5 Å². The number of thioether (sulfide) groups is 1. The first-order valence-corrected chi connectivity index (χ1v) is 12.4. The summed E-state index contributed by atoms with van der Waals surface area (Å²) >= 11 is 1.08. The molecule has 3 aromatic carbocycles. The van der Waals surface area contributed by atoms with E-state index >= 15 is 0 Å². The number of amides is 2. The summed E-state index contributed by atoms with van der Waals surface area (Å²) in [5.74, 6) is 3.58. The van der Waals surface area contributed by atoms with Crippen LogP contribution < -0.4 is 20.5 Å². The van der Waals surface area contributed by atoms with Crippen LogP contribution in [-0.4, -0.2) is 27.0 Å². The molecule has 1 heterocycles. The van der Waals surface area contributed by atoms with E-state index in [1.807, 2.05) is 80.1 Å². The van der Waals surface area contributed by atoms with Gasteiger partial charge in [0.25, 0.3) is 5.24 Å². The highest BCUT2D eigenvalue weighted by Gasteiger charge is 2.11. The third-order valence-electron chi connectivity index (χ3n) is 5.84. The third-order valence-corrected chi connectivity index (χ3v) is 6.63. The maximum atomic E-state index is 11.3. The van der Waals surface area contributed by atoms with E-state index in [1.165, 1.54) is 0 Å². The molecule has 0 fully saturated rings. The lowest BCUT2D eigenvalue weighted by atomic mass is 10.1. The summed E-state index contributed by atoms with van der Waals surface area (Å²) in [6.45, 7) is 4.26. The maximum absolute atomic E-state index is 11.3. The quantitative estimate of drug-likeness (QED) is 0.236. The Kier molecular flexibility index (Phi) is 7.80. The van der Waals surface area contributed by atoms with Crippen LogP contribution in [0, 0.1) is 13.8 Å². The van der Waals surface area contributed by atoms with Crippen molar-refractivity contribution in [2.24, 2.45) is 7.05 Å². The highest BCUT2D eigenvalue weighted by Crippen LogP contribution is 2.30. The van der Waals surface area contributed by atoms with Gasteiger partial charge in [0, 0.05) is 24.6 Å². The number of imide groups is 1. The molecule has 8 nitrogen and oxygen atoms in total. The molecule has 3 N–H and O–H groups in total. The highest BCUT2D eigenvalue weighted by molar-refractivity contribution is 8.13. The molecule has 0 atom stereocenters. The van der Waals surface area contributed by atoms with Gasteiger partial charge in [0.15, 0.2) is 0 Å². The van der Waals surface area contributed by atoms with Crippen molar-refractivity contribution < 1.29 is 19.1 Å². The Hall–Kier alpha value is -3.98. The van der Waals surface area contributed by atoms with Crippen molar-refractivity contribution in [1.29, 1.82) is 0 Å². The fourth-order valence-electron chi connectivity index (χ4n) is 3.79. The van der Waals surface area contributed by atoms with Gasteiger partial charge in [-0.25, -0.2) is 4.98 Å². The van der Waals surface area contributed by atoms with Gasteiger partial charge in [0.1, 0.15) is 29.7 Å². The number of aromatic nitrogens is 2. The van der Waals surface area contributed by atoms with Gasteiger partial charge < -0.3 is 19.8 Å². The first-order chi connectivity index (χ1) is 17.3. The zero-order chi connectivity index (χ0) is 25.7. The van der Waals surface area contributed by atoms with E-state index in [1.54, 1.807) is 0 Å². The van der Waals surface area contributed by atoms with Crippen LogP contribution in [-0.2, 0) is 24.9 Å². The molecule has 186 valence electrons. The van der Waals surface area contributed by atoms with Gasteiger partial charge in [0.2, 0.25) is 6.41 Å². The Bertz CT molecular complexity index is 1380. The van der Waals surface area contributed by atoms with Crippen LogP contribution >= 0.6 is 11.8 Å². The number of nitrogens with zero attached hydrogens (tertiary/aromatic N) is 2. The number of carbonyl (C=O) groups excluding carboxylic acids is 2. The minimum atomic E-state index is -0.346. The van der Waals surface area contributed by atoms with Gasteiger partial charge in [-0.15, -0.1) is 0 Å². The van der Waals surface area contributed by atoms with E-state index in [0.29, 0.717) is 25.2 Å². The number of anilines is 1. The third kappa shape index (κ3) is 5.98. The molecule has 0 saturated carbocycles. The van der Waals surface area contributed by atoms with E-state index in [2.05, 4.69) is 5.32 Å². The van der Waals surface area contributed by atoms with Gasteiger partial charge in [-0.3, -0.25) is 14.9 Å². The summed E-state index contributed by atoms with van der Waals surface area (Å²) in [7, 11) is 1.96. The summed E-state index contributed by atoms with van der Waals surface area (Å²) in [6, 6.07) is 17.4. The van der Waals surface area contributed by atoms with Gasteiger partial charge in [-0.1, -0.05) is 23.9 Å². The molecule has 4 rings (SSSR count). The molecule has 0 aliphatic rings. The Morgan fingerprint density at radius 1 is 1.06 bits per heavy atom. The Balaban J connectivity index is 1.38. The smallest absolute Gasteiger partial charge is 0.285 e. The fraction of sp³-hybridized carbons (Fsp3) is 0.222. The van der Waals surface area contributed by atoms with Crippen LogP contribution in [0.15, 0.2) is 54.6 Å². The number of benzene rings is 3. The molecule has 9 heteroatoms. The van der Waals surface area contributed by atoms with Crippen LogP contribution in [0.1, 0.15) is 22.5 Å². The molecule has 4 aromatic rings. The van der Waals surface area contributed by atoms with E-state index in [0.717, 1.165) is 68.2 Å². The number of fused-ring (bicyclic) bond motifs is 1. The molecule has 0 unspecified atom stereocenters. The van der Waals surface area contributed by atoms with Crippen molar-refractivity contribution >= 4 is 40.1 Å². The summed E-state index contributed by atoms with van der Waals surface area (Å²) in [4.78, 5) is 26.3. The molecule has 0 spiro atoms. The van der Waals surface area contributed by atoms with Gasteiger partial charge in [-0.05, 0) is 73.4 Å². The molecule has 36 heavy (non-hydrogen) atoms. The van der Waals surface area contributed by atoms with E-state index in [-0.39, 0.29) is 5.24 Å². The Morgan fingerprint density at radius 3 is 2.44 bits per heavy atom. The number of imidazole rings is 1. The lowest BCUT2D eigenvalue weighted by Crippen LogP contribution is -2.16. The molecule has 0 radical (unpaired) electrons. The molecule has 0 aliphatic carbocycles. The molecule has 0 bridgehead atoms. The van der Waals surface area contributed by atoms with Crippen LogP contribution in [0.25, 0.3) is 11.0 Å². The number of ether oxygens (including phenoxy) is 2. The van der Waals surface area contributed by atoms with E-state index in [9.17, 15) is 9.59 Å². The minimum Gasteiger partial charge on any atom is -0.486 e. The predicted octanol–water partition coefficient (Wildman–Crippen LogP) is 5.29. The Labute approximate surface area is 213 Å². The zero-order valence-electron chi connectivity index (χ0n) is 20.4. The standard InChI is InChI=1S/C27H28N4O4S/c1-17-12-22(13-18(2)26(17)28)35-21-8-9-23-24(14-21)31(3)25(30-23)15-34-20-6-4-19(5-7-20)10-11-36-27(33)29-16-32/h4-9,12-14,16H,10-11,15,28H2,1-3H3,(H,29,32,33). The second-order valence-electron chi connectivity index (χ2n) is 8.39. The number of nitrogens with two attached hydrogens (primary N) is 1. The number of aryl methyl sites for hydroxylation is 4. The SMILES string of the molecule is Cc1cc(Oc2ccc3nc(COc4ccc(CCSC(=O)NC=O)cc4)n(C)c3c2)cc(C)c1N. The molecular weight excluding hydrogens is 476 g/mol. The summed E-state index contributed by atoms with van der Waals surface area (Å²) in [5.41, 5.74) is 11.7. The predicted molar refractivity (Wildman–Crippen MR) is 143 cm³/mol. The number of nitrogen functional groups attached to an aromatic ring is 1. The number of rotatable bonds is 9. The molecule has 0 saturated heterocycles. The van der Waals surface area contributed by atoms with E-state index in [4.69, 9.17) is 20.2 Å². The topological polar surface area (TPSA) is 108 Å². The number of nitrogens with one attached hydrogen (secondary N) is 1. The van der Waals surface area contributed by atoms with Gasteiger partial charge in [0.05, 0.1) is 11.0 Å². The van der Waals surface area contributed by atoms with Crippen LogP contribution in [0.5, 0.6) is 17.2 Å². The second-order valence-corrected chi connectivity index (χ2v) is 9.46. The Morgan fingerprint density at radius 2 is 1.75 bits per heavy atom. The fourth-order valence-corrected chi connectivity index (χ4v) is 4.45. The zero-order valence-corrected chi connectivity index (χ0v) is 21.2. The molecule has 2 amide bonds. The van der Waals surface area contributed by atoms with Crippen molar-refractivity contribution in [1.82, 2.24) is 14.9 Å². The summed E-state index contributed by atoms with van der Waals surface area (Å²) < 4.78 is 14.1. The first kappa shape index (κ1) is 25.1. The largest absolute Gasteiger partial charge is 0.486 e. The van der Waals surface area contributed by atoms with Gasteiger partial charge in [-0.2, -0.15) is 0 Å². The maximum Gasteiger partial charge on any atom is 0.285 e. The molecule has 1 aromatic heterocycles. The summed E-state index contributed by atoms with van der Waals surface area (Å²) in [6.07, 6.45) is 1.10. The summed E-state index contributed by atoms with van der Waals surface area (Å²) in [5, 5.41) is 1.77. The molecular formula is C27H28N4O4S. The van der Waals surface area contributed by atoms with Crippen molar-refractivity contribution in [3.8, 4) is 17.2 Å². The lowest BCUT2D eigenvalue weighted by molar-refractivity contribution is -0.108. The minimum absolute atomic E-state index is 0.318. The van der Waals surface area contributed by atoms with Crippen molar-refractivity contribution in [3.63, 3.8) is 0 Å². The van der Waals surface area contributed by atoms with Crippen molar-refractivity contribution in [2.45, 2.75) is 26.9 Å². The average Bonchev–Trinajstić information content (AvgIpc) is 3.17. The number of carbonyl (C=O) groups is 2. The van der Waals surface area contributed by atoms with Crippen LogP contribution in [0.2, 0.25) is 0 Å². The first-order valence-electron chi connectivity index (χ1n) is 11.4. The highest BCUT2D eigenvalue weighted by atomic mass is 32.2. The number of hydrogen-bond acceptors (Lipinski definition) is 7. The monoisotopic (exact) mass is 504 g/mol.